The molecule has 0 saturated heterocycles. The fourth-order valence-electron chi connectivity index (χ4n) is 1.13. The Morgan fingerprint density at radius 2 is 2.25 bits per heavy atom. The van der Waals surface area contributed by atoms with Gasteiger partial charge in [-0.05, 0) is 0 Å². The molecule has 1 rings (SSSR count). The first kappa shape index (κ1) is 9.81. The second kappa shape index (κ2) is 5.58. The molecule has 0 amide bonds. The van der Waals surface area contributed by atoms with Gasteiger partial charge in [0.25, 0.3) is 0 Å². The monoisotopic (exact) mass is 182 g/mol. The second-order valence-electron chi connectivity index (χ2n) is 2.56. The molecular weight excluding hydrogens is 170 g/mol. The summed E-state index contributed by atoms with van der Waals surface area (Å²) in [6.07, 6.45) is 8.02. The van der Waals surface area contributed by atoms with Crippen LogP contribution in [0.4, 0.5) is 0 Å². The minimum absolute atomic E-state index is 0. The summed E-state index contributed by atoms with van der Waals surface area (Å²) < 4.78 is 0. The third-order valence-electron chi connectivity index (χ3n) is 1.67. The van der Waals surface area contributed by atoms with Gasteiger partial charge in [-0.25, -0.2) is 0 Å². The van der Waals surface area contributed by atoms with Crippen molar-refractivity contribution in [3.05, 3.63) is 6.42 Å². The van der Waals surface area contributed by atoms with Crippen molar-refractivity contribution < 1.29 is 58.2 Å². The van der Waals surface area contributed by atoms with Crippen molar-refractivity contribution >= 4 is 0 Å². The third kappa shape index (κ3) is 3.76. The van der Waals surface area contributed by atoms with Crippen LogP contribution < -0.4 is 58.2 Å². The van der Waals surface area contributed by atoms with Gasteiger partial charge in [-0.1, -0.05) is 25.7 Å². The quantitative estimate of drug-likeness (QED) is 0.440. The Labute approximate surface area is 101 Å². The van der Waals surface area contributed by atoms with Crippen LogP contribution in [0.1, 0.15) is 32.6 Å². The third-order valence-corrected chi connectivity index (χ3v) is 1.67. The maximum Gasteiger partial charge on any atom is 1.00 e. The molecule has 0 aromatic heterocycles. The van der Waals surface area contributed by atoms with Crippen LogP contribution in [-0.4, -0.2) is 0 Å². The molecule has 1 aliphatic rings. The van der Waals surface area contributed by atoms with Crippen LogP contribution in [0.2, 0.25) is 0 Å². The molecule has 1 aliphatic carbocycles. The number of hydrogen-bond donors (Lipinski definition) is 0. The van der Waals surface area contributed by atoms with Crippen molar-refractivity contribution in [3.8, 4) is 0 Å². The van der Waals surface area contributed by atoms with Gasteiger partial charge in [0, 0.05) is 0 Å². The summed E-state index contributed by atoms with van der Waals surface area (Å²) in [5, 5.41) is 0. The molecule has 1 fully saturated rings. The minimum Gasteiger partial charge on any atom is -0.328 e. The first-order chi connectivity index (χ1) is 3.39. The van der Waals surface area contributed by atoms with Gasteiger partial charge in [-0.15, -0.1) is 0 Å². The Kier molecular flexibility index (Phi) is 6.84. The topological polar surface area (TPSA) is 0 Å². The van der Waals surface area contributed by atoms with Crippen LogP contribution in [-0.2, 0) is 0 Å². The molecule has 0 aromatic rings. The molecule has 0 aliphatic heterocycles. The molecule has 1 atom stereocenters. The van der Waals surface area contributed by atoms with Gasteiger partial charge in [-0.2, -0.15) is 12.8 Å². The van der Waals surface area contributed by atoms with E-state index in [1.807, 2.05) is 0 Å². The van der Waals surface area contributed by atoms with E-state index < -0.39 is 0 Å². The predicted octanol–water partition coefficient (Wildman–Crippen LogP) is -0.595. The van der Waals surface area contributed by atoms with E-state index in [4.69, 9.17) is 0 Å². The maximum atomic E-state index is 2.41. The normalized spacial score (nSPS) is 28.9. The first-order valence-electron chi connectivity index (χ1n) is 3.21. The predicted molar refractivity (Wildman–Crippen MR) is 31.9 cm³/mol. The van der Waals surface area contributed by atoms with E-state index in [0.29, 0.717) is 0 Å². The van der Waals surface area contributed by atoms with Crippen molar-refractivity contribution in [2.24, 2.45) is 5.92 Å². The van der Waals surface area contributed by atoms with E-state index in [1.54, 1.807) is 0 Å². The van der Waals surface area contributed by atoms with Crippen LogP contribution in [0, 0.1) is 12.3 Å². The van der Waals surface area contributed by atoms with Crippen molar-refractivity contribution in [2.45, 2.75) is 32.6 Å². The maximum absolute atomic E-state index is 2.41. The summed E-state index contributed by atoms with van der Waals surface area (Å²) in [7, 11) is 0. The van der Waals surface area contributed by atoms with Gasteiger partial charge in [0.15, 0.2) is 0 Å². The molecule has 0 nitrogen and oxygen atoms in total. The van der Waals surface area contributed by atoms with Crippen molar-refractivity contribution in [1.29, 1.82) is 0 Å². The molecule has 0 spiro atoms. The average molecular weight is 183 g/mol. The number of hydrogen-bond acceptors (Lipinski definition) is 0. The molecule has 1 saturated carbocycles. The summed E-state index contributed by atoms with van der Waals surface area (Å²) in [4.78, 5) is 0. The van der Waals surface area contributed by atoms with Crippen LogP contribution in [0.3, 0.4) is 0 Å². The van der Waals surface area contributed by atoms with E-state index in [-0.39, 0.29) is 58.2 Å². The van der Waals surface area contributed by atoms with E-state index in [2.05, 4.69) is 13.3 Å². The zero-order valence-corrected chi connectivity index (χ0v) is 10.9. The molecule has 0 aromatic carbocycles. The van der Waals surface area contributed by atoms with Gasteiger partial charge in [0.1, 0.15) is 0 Å². The van der Waals surface area contributed by atoms with E-state index >= 15 is 0 Å². The Hall–Kier alpha value is 1.81. The molecule has 0 N–H and O–H groups in total. The largest absolute Gasteiger partial charge is 1.00 e. The summed E-state index contributed by atoms with van der Waals surface area (Å²) in [5.74, 6) is 0.980. The summed E-state index contributed by atoms with van der Waals surface area (Å²) in [6, 6.07) is 0. The number of rotatable bonds is 0. The van der Waals surface area contributed by atoms with Crippen LogP contribution >= 0.6 is 0 Å². The zero-order valence-electron chi connectivity index (χ0n) is 5.98. The average Bonchev–Trinajstić information content (AvgIpc) is 1.69. The Morgan fingerprint density at radius 3 is 2.50 bits per heavy atom. The standard InChI is InChI=1S/C7H13.Rb/c1-7-5-3-2-4-6-7;/h3,7H,2,4-6H2,1H3;/q-1;+1. The zero-order chi connectivity index (χ0) is 5.11. The summed E-state index contributed by atoms with van der Waals surface area (Å²) in [6.45, 7) is 2.33. The minimum atomic E-state index is 0. The van der Waals surface area contributed by atoms with Crippen LogP contribution in [0.15, 0.2) is 0 Å². The molecule has 0 radical (unpaired) electrons. The smallest absolute Gasteiger partial charge is 0.328 e. The Morgan fingerprint density at radius 1 is 1.50 bits per heavy atom. The van der Waals surface area contributed by atoms with Gasteiger partial charge < -0.3 is 6.42 Å². The Bertz CT molecular complexity index is 46.3. The fraction of sp³-hybridized carbons (Fsp3) is 0.857. The van der Waals surface area contributed by atoms with Gasteiger partial charge in [0.05, 0.1) is 0 Å². The van der Waals surface area contributed by atoms with Crippen molar-refractivity contribution in [1.82, 2.24) is 0 Å². The van der Waals surface area contributed by atoms with Crippen LogP contribution in [0.5, 0.6) is 0 Å². The van der Waals surface area contributed by atoms with Crippen LogP contribution in [0.25, 0.3) is 0 Å². The van der Waals surface area contributed by atoms with E-state index in [1.165, 1.54) is 25.7 Å². The molecular formula is C7H13Rb. The van der Waals surface area contributed by atoms with Crippen molar-refractivity contribution in [2.75, 3.05) is 0 Å². The molecule has 8 heavy (non-hydrogen) atoms. The van der Waals surface area contributed by atoms with Gasteiger partial charge in [-0.3, -0.25) is 0 Å². The molecule has 42 valence electrons. The molecule has 0 heterocycles. The van der Waals surface area contributed by atoms with E-state index in [0.717, 1.165) is 5.92 Å². The first-order valence-corrected chi connectivity index (χ1v) is 3.21. The van der Waals surface area contributed by atoms with Gasteiger partial charge in [0.2, 0.25) is 0 Å². The summed E-state index contributed by atoms with van der Waals surface area (Å²) >= 11 is 0. The van der Waals surface area contributed by atoms with Gasteiger partial charge >= 0.3 is 58.2 Å². The van der Waals surface area contributed by atoms with E-state index in [9.17, 15) is 0 Å². The molecule has 0 bridgehead atoms. The van der Waals surface area contributed by atoms with Crippen molar-refractivity contribution in [3.63, 3.8) is 0 Å². The fourth-order valence-corrected chi connectivity index (χ4v) is 1.13. The summed E-state index contributed by atoms with van der Waals surface area (Å²) in [5.41, 5.74) is 0. The Balaban J connectivity index is 0.000000490. The molecule has 1 unspecified atom stereocenters. The second-order valence-corrected chi connectivity index (χ2v) is 2.56. The molecule has 1 heteroatoms. The SMILES string of the molecule is CC1C[CH-]CCC1.[Rb+].